The second kappa shape index (κ2) is 10.3. The van der Waals surface area contributed by atoms with Crippen molar-refractivity contribution in [3.63, 3.8) is 0 Å². The molecule has 0 saturated carbocycles. The van der Waals surface area contributed by atoms with Crippen molar-refractivity contribution < 1.29 is 0 Å². The van der Waals surface area contributed by atoms with E-state index in [9.17, 15) is 0 Å². The fraction of sp³-hybridized carbons (Fsp3) is 0.318. The summed E-state index contributed by atoms with van der Waals surface area (Å²) in [6, 6.07) is 12.4. The Balaban J connectivity index is 1.76. The number of hydrogen-bond acceptors (Lipinski definition) is 3. The maximum Gasteiger partial charge on any atom is 0.100 e. The van der Waals surface area contributed by atoms with Crippen LogP contribution < -0.4 is 10.6 Å². The molecule has 0 aliphatic rings. The largest absolute Gasteiger partial charge is 0.342 e. The molecule has 1 aromatic heterocycles. The third-order valence-electron chi connectivity index (χ3n) is 4.13. The van der Waals surface area contributed by atoms with Gasteiger partial charge in [-0.05, 0) is 42.7 Å². The molecule has 2 aromatic rings. The second-order valence-electron chi connectivity index (χ2n) is 6.31. The van der Waals surface area contributed by atoms with Crippen LogP contribution in [0.2, 0.25) is 0 Å². The lowest BCUT2D eigenvalue weighted by Crippen LogP contribution is -2.16. The van der Waals surface area contributed by atoms with Gasteiger partial charge in [0, 0.05) is 29.3 Å². The highest BCUT2D eigenvalue weighted by molar-refractivity contribution is 5.63. The number of hydrogen-bond donors (Lipinski definition) is 2. The van der Waals surface area contributed by atoms with Crippen molar-refractivity contribution in [1.29, 1.82) is 0 Å². The normalized spacial score (nSPS) is 10.3. The number of aromatic nitrogens is 1. The molecule has 0 bridgehead atoms. The molecule has 3 heteroatoms. The van der Waals surface area contributed by atoms with Gasteiger partial charge in [0.15, 0.2) is 0 Å². The Morgan fingerprint density at radius 1 is 1.00 bits per heavy atom. The summed E-state index contributed by atoms with van der Waals surface area (Å²) in [5.74, 6) is 0.696. The Morgan fingerprint density at radius 2 is 1.76 bits per heavy atom. The average molecular weight is 335 g/mol. The Kier molecular flexibility index (Phi) is 7.77. The monoisotopic (exact) mass is 335 g/mol. The van der Waals surface area contributed by atoms with Crippen molar-refractivity contribution in [2.45, 2.75) is 45.4 Å². The Bertz CT molecular complexity index is 659. The van der Waals surface area contributed by atoms with Gasteiger partial charge in [-0.15, -0.1) is 0 Å². The molecule has 0 aliphatic heterocycles. The molecule has 1 heterocycles. The maximum atomic E-state index is 4.10. The highest BCUT2D eigenvalue weighted by Crippen LogP contribution is 2.15. The van der Waals surface area contributed by atoms with E-state index >= 15 is 0 Å². The van der Waals surface area contributed by atoms with Crippen molar-refractivity contribution in [1.82, 2.24) is 10.3 Å². The van der Waals surface area contributed by atoms with Gasteiger partial charge in [-0.2, -0.15) is 0 Å². The molecule has 1 aromatic carbocycles. The van der Waals surface area contributed by atoms with Gasteiger partial charge < -0.3 is 10.6 Å². The van der Waals surface area contributed by atoms with Gasteiger partial charge in [0.1, 0.15) is 5.82 Å². The minimum absolute atomic E-state index is 0.696. The van der Waals surface area contributed by atoms with Gasteiger partial charge in [0.25, 0.3) is 0 Å². The zero-order valence-electron chi connectivity index (χ0n) is 15.2. The maximum absolute atomic E-state index is 4.10. The first kappa shape index (κ1) is 18.8. The van der Waals surface area contributed by atoms with E-state index in [1.54, 1.807) is 12.4 Å². The molecule has 0 fully saturated rings. The van der Waals surface area contributed by atoms with Crippen LogP contribution in [0.5, 0.6) is 0 Å². The van der Waals surface area contributed by atoms with Crippen LogP contribution in [-0.4, -0.2) is 4.98 Å². The number of benzene rings is 1. The summed E-state index contributed by atoms with van der Waals surface area (Å²) in [5, 5.41) is 6.44. The molecule has 0 amide bonds. The number of nitrogens with one attached hydrogen (secondary N) is 2. The van der Waals surface area contributed by atoms with Crippen LogP contribution in [0.15, 0.2) is 67.8 Å². The van der Waals surface area contributed by atoms with Crippen molar-refractivity contribution >= 4 is 11.4 Å². The number of nitrogens with zero attached hydrogens (tertiary/aromatic N) is 1. The van der Waals surface area contributed by atoms with Gasteiger partial charge in [-0.3, -0.25) is 4.98 Å². The highest BCUT2D eigenvalue weighted by Gasteiger charge is 2.01. The zero-order valence-corrected chi connectivity index (χ0v) is 15.2. The van der Waals surface area contributed by atoms with E-state index in [2.05, 4.69) is 60.0 Å². The fourth-order valence-electron chi connectivity index (χ4n) is 2.69. The van der Waals surface area contributed by atoms with E-state index in [4.69, 9.17) is 0 Å². The number of anilines is 1. The van der Waals surface area contributed by atoms with Crippen LogP contribution in [0.4, 0.5) is 5.69 Å². The molecule has 3 nitrogen and oxygen atoms in total. The predicted octanol–water partition coefficient (Wildman–Crippen LogP) is 5.74. The van der Waals surface area contributed by atoms with Gasteiger partial charge in [-0.25, -0.2) is 0 Å². The van der Waals surface area contributed by atoms with Crippen LogP contribution in [0.3, 0.4) is 0 Å². The van der Waals surface area contributed by atoms with Gasteiger partial charge in [0.2, 0.25) is 0 Å². The summed E-state index contributed by atoms with van der Waals surface area (Å²) in [4.78, 5) is 4.10. The lowest BCUT2D eigenvalue weighted by molar-refractivity contribution is 0.632. The number of unbranched alkanes of at least 4 members (excludes halogenated alkanes) is 4. The summed E-state index contributed by atoms with van der Waals surface area (Å²) in [7, 11) is 0. The summed E-state index contributed by atoms with van der Waals surface area (Å²) < 4.78 is 0. The van der Waals surface area contributed by atoms with E-state index in [0.717, 1.165) is 23.4 Å². The molecule has 0 unspecified atom stereocenters. The predicted molar refractivity (Wildman–Crippen MR) is 108 cm³/mol. The highest BCUT2D eigenvalue weighted by atomic mass is 15.1. The summed E-state index contributed by atoms with van der Waals surface area (Å²) in [5.41, 5.74) is 4.13. The van der Waals surface area contributed by atoms with Crippen molar-refractivity contribution in [2.75, 3.05) is 5.32 Å². The summed E-state index contributed by atoms with van der Waals surface area (Å²) >= 11 is 0. The molecule has 25 heavy (non-hydrogen) atoms. The van der Waals surface area contributed by atoms with Crippen LogP contribution in [0, 0.1) is 0 Å². The first-order valence-corrected chi connectivity index (χ1v) is 9.10. The third kappa shape index (κ3) is 6.84. The van der Waals surface area contributed by atoms with Crippen molar-refractivity contribution in [3.05, 3.63) is 78.9 Å². The standard InChI is InChI=1S/C22H29N3/c1-4-5-6-7-8-10-20-12-14-22(15-13-20)25-19(3)24-18(2)21-11-9-16-23-17-21/h9,11-17,24-25H,2-8,10H2,1H3. The minimum Gasteiger partial charge on any atom is -0.342 e. The number of rotatable bonds is 11. The van der Waals surface area contributed by atoms with Gasteiger partial charge in [0.05, 0.1) is 0 Å². The molecule has 0 saturated heterocycles. The fourth-order valence-corrected chi connectivity index (χ4v) is 2.69. The van der Waals surface area contributed by atoms with E-state index in [1.165, 1.54) is 37.7 Å². The zero-order chi connectivity index (χ0) is 17.9. The molecule has 0 atom stereocenters. The molecule has 2 rings (SSSR count). The third-order valence-corrected chi connectivity index (χ3v) is 4.13. The SMILES string of the molecule is C=C(NC(=C)c1cccnc1)Nc1ccc(CCCCCCC)cc1. The molecular formula is C22H29N3. The number of pyridine rings is 1. The summed E-state index contributed by atoms with van der Waals surface area (Å²) in [6.07, 6.45) is 11.3. The topological polar surface area (TPSA) is 37.0 Å². The molecule has 0 spiro atoms. The van der Waals surface area contributed by atoms with Crippen molar-refractivity contribution in [2.24, 2.45) is 0 Å². The van der Waals surface area contributed by atoms with Crippen LogP contribution in [0.25, 0.3) is 5.70 Å². The van der Waals surface area contributed by atoms with Crippen LogP contribution >= 0.6 is 0 Å². The molecular weight excluding hydrogens is 306 g/mol. The van der Waals surface area contributed by atoms with Crippen LogP contribution in [-0.2, 0) is 6.42 Å². The molecule has 2 N–H and O–H groups in total. The first-order chi connectivity index (χ1) is 12.2. The van der Waals surface area contributed by atoms with E-state index in [0.29, 0.717) is 5.82 Å². The summed E-state index contributed by atoms with van der Waals surface area (Å²) in [6.45, 7) is 10.3. The van der Waals surface area contributed by atoms with Crippen molar-refractivity contribution in [3.8, 4) is 0 Å². The Labute approximate surface area is 151 Å². The minimum atomic E-state index is 0.696. The number of aryl methyl sites for hydroxylation is 1. The van der Waals surface area contributed by atoms with E-state index < -0.39 is 0 Å². The molecule has 0 radical (unpaired) electrons. The van der Waals surface area contributed by atoms with E-state index in [-0.39, 0.29) is 0 Å². The van der Waals surface area contributed by atoms with Gasteiger partial charge >= 0.3 is 0 Å². The second-order valence-corrected chi connectivity index (χ2v) is 6.31. The molecule has 0 aliphatic carbocycles. The first-order valence-electron chi connectivity index (χ1n) is 9.10. The average Bonchev–Trinajstić information content (AvgIpc) is 2.63. The van der Waals surface area contributed by atoms with E-state index in [1.807, 2.05) is 12.1 Å². The smallest absolute Gasteiger partial charge is 0.100 e. The quantitative estimate of drug-likeness (QED) is 0.514. The Morgan fingerprint density at radius 3 is 2.44 bits per heavy atom. The van der Waals surface area contributed by atoms with Crippen LogP contribution in [0.1, 0.15) is 50.2 Å². The Hall–Kier alpha value is -2.55. The lowest BCUT2D eigenvalue weighted by atomic mass is 10.1. The molecule has 132 valence electrons. The lowest BCUT2D eigenvalue weighted by Gasteiger charge is -2.14. The van der Waals surface area contributed by atoms with Gasteiger partial charge in [-0.1, -0.05) is 57.9 Å².